The van der Waals surface area contributed by atoms with E-state index in [0.29, 0.717) is 12.3 Å². The smallest absolute Gasteiger partial charge is 0.220 e. The number of unbranched alkanes of at least 4 members (excludes halogenated alkanes) is 1. The third kappa shape index (κ3) is 3.68. The average molecular weight is 274 g/mol. The average Bonchev–Trinajstić information content (AvgIpc) is 2.73. The number of rotatable bonds is 7. The number of aliphatic imine (C=N–C) groups is 1. The molecule has 0 aromatic heterocycles. The highest BCUT2D eigenvalue weighted by Crippen LogP contribution is 2.23. The molecule has 4 nitrogen and oxygen atoms in total. The molecule has 1 aliphatic heterocycles. The summed E-state index contributed by atoms with van der Waals surface area (Å²) < 4.78 is 5.55. The van der Waals surface area contributed by atoms with Gasteiger partial charge in [0, 0.05) is 5.71 Å². The van der Waals surface area contributed by atoms with Crippen LogP contribution >= 0.6 is 0 Å². The molecule has 1 heterocycles. The van der Waals surface area contributed by atoms with E-state index in [1.165, 1.54) is 0 Å². The van der Waals surface area contributed by atoms with Crippen molar-refractivity contribution in [2.75, 3.05) is 6.61 Å². The molecule has 2 rings (SSSR count). The lowest BCUT2D eigenvalue weighted by atomic mass is 10.1. The first-order valence-corrected chi connectivity index (χ1v) is 7.04. The highest BCUT2D eigenvalue weighted by molar-refractivity contribution is 5.98. The lowest BCUT2D eigenvalue weighted by Gasteiger charge is -2.21. The Kier molecular flexibility index (Phi) is 4.93. The Labute approximate surface area is 120 Å². The Morgan fingerprint density at radius 1 is 1.30 bits per heavy atom. The van der Waals surface area contributed by atoms with E-state index >= 15 is 0 Å². The van der Waals surface area contributed by atoms with Crippen LogP contribution in [0.3, 0.4) is 0 Å². The summed E-state index contributed by atoms with van der Waals surface area (Å²) in [7, 11) is 0. The van der Waals surface area contributed by atoms with Crippen molar-refractivity contribution in [3.63, 3.8) is 0 Å². The molecule has 108 valence electrons. The third-order valence-corrected chi connectivity index (χ3v) is 3.31. The molecule has 1 aromatic carbocycles. The summed E-state index contributed by atoms with van der Waals surface area (Å²) in [5.41, 5.74) is 6.77. The van der Waals surface area contributed by atoms with E-state index < -0.39 is 5.72 Å². The lowest BCUT2D eigenvalue weighted by Crippen LogP contribution is -2.36. The number of hydrogen-bond donors (Lipinski definition) is 2. The third-order valence-electron chi connectivity index (χ3n) is 3.31. The molecule has 1 aliphatic rings. The minimum absolute atomic E-state index is 0.0832. The number of nitrogens with two attached hydrogens (primary N) is 1. The van der Waals surface area contributed by atoms with E-state index in [0.717, 1.165) is 30.5 Å². The van der Waals surface area contributed by atoms with Crippen molar-refractivity contribution >= 4 is 5.71 Å². The fraction of sp³-hybridized carbons (Fsp3) is 0.438. The fourth-order valence-electron chi connectivity index (χ4n) is 2.12. The molecule has 0 radical (unpaired) electrons. The number of allylic oxidation sites excluding steroid dienone is 1. The van der Waals surface area contributed by atoms with Crippen LogP contribution in [-0.4, -0.2) is 23.2 Å². The van der Waals surface area contributed by atoms with E-state index in [1.54, 1.807) is 6.08 Å². The number of hydrogen-bond acceptors (Lipinski definition) is 4. The van der Waals surface area contributed by atoms with Crippen molar-refractivity contribution in [3.8, 4) is 0 Å². The molecular formula is C16H22N2O2. The van der Waals surface area contributed by atoms with Gasteiger partial charge in [0.1, 0.15) is 6.61 Å². The number of nitrogens with zero attached hydrogens (tertiary/aromatic N) is 1. The molecule has 1 aromatic rings. The second-order valence-electron chi connectivity index (χ2n) is 5.10. The number of aliphatic hydroxyl groups is 1. The van der Waals surface area contributed by atoms with Gasteiger partial charge in [-0.25, -0.2) is 4.99 Å². The summed E-state index contributed by atoms with van der Waals surface area (Å²) >= 11 is 0. The molecule has 0 bridgehead atoms. The van der Waals surface area contributed by atoms with Crippen molar-refractivity contribution in [2.24, 2.45) is 10.7 Å². The maximum Gasteiger partial charge on any atom is 0.220 e. The van der Waals surface area contributed by atoms with Crippen LogP contribution < -0.4 is 5.73 Å². The minimum atomic E-state index is -1.39. The second kappa shape index (κ2) is 6.68. The summed E-state index contributed by atoms with van der Waals surface area (Å²) in [6.07, 6.45) is 4.75. The van der Waals surface area contributed by atoms with Crippen LogP contribution in [0.1, 0.15) is 31.7 Å². The van der Waals surface area contributed by atoms with E-state index in [-0.39, 0.29) is 6.61 Å². The first kappa shape index (κ1) is 14.8. The molecule has 0 aliphatic carbocycles. The second-order valence-corrected chi connectivity index (χ2v) is 5.10. The van der Waals surface area contributed by atoms with E-state index in [4.69, 9.17) is 10.5 Å². The predicted molar refractivity (Wildman–Crippen MR) is 80.3 cm³/mol. The van der Waals surface area contributed by atoms with Crippen molar-refractivity contribution in [1.82, 2.24) is 0 Å². The summed E-state index contributed by atoms with van der Waals surface area (Å²) in [5.74, 6) is 0. The molecule has 0 fully saturated rings. The molecule has 20 heavy (non-hydrogen) atoms. The van der Waals surface area contributed by atoms with Crippen molar-refractivity contribution < 1.29 is 9.84 Å². The minimum Gasteiger partial charge on any atom is -0.398 e. The highest BCUT2D eigenvalue weighted by atomic mass is 16.5. The van der Waals surface area contributed by atoms with Gasteiger partial charge in [-0.3, -0.25) is 0 Å². The zero-order valence-corrected chi connectivity index (χ0v) is 11.9. The van der Waals surface area contributed by atoms with E-state index in [1.807, 2.05) is 30.3 Å². The molecular weight excluding hydrogens is 252 g/mol. The van der Waals surface area contributed by atoms with Gasteiger partial charge in [-0.05, 0) is 24.5 Å². The Morgan fingerprint density at radius 2 is 2.05 bits per heavy atom. The Morgan fingerprint density at radius 3 is 2.75 bits per heavy atom. The predicted octanol–water partition coefficient (Wildman–Crippen LogP) is 2.38. The Balaban J connectivity index is 1.88. The monoisotopic (exact) mass is 274 g/mol. The van der Waals surface area contributed by atoms with E-state index in [9.17, 15) is 5.11 Å². The largest absolute Gasteiger partial charge is 0.398 e. The van der Waals surface area contributed by atoms with Gasteiger partial charge in [-0.2, -0.15) is 0 Å². The first-order valence-electron chi connectivity index (χ1n) is 7.04. The number of ether oxygens (including phenoxy) is 1. The van der Waals surface area contributed by atoms with Gasteiger partial charge in [-0.15, -0.1) is 0 Å². The van der Waals surface area contributed by atoms with Crippen LogP contribution in [-0.2, 0) is 11.3 Å². The van der Waals surface area contributed by atoms with Gasteiger partial charge < -0.3 is 15.6 Å². The maximum atomic E-state index is 10.4. The standard InChI is InChI=1S/C16H22N2O2/c1-2-3-9-14-10-15(17)16(19,18-14)12-20-11-13-7-5-4-6-8-13/h4-8,10,19H,2-3,9,11-12,17H2,1H3. The Bertz CT molecular complexity index is 496. The first-order chi connectivity index (χ1) is 9.64. The van der Waals surface area contributed by atoms with Crippen LogP contribution in [0.4, 0.5) is 0 Å². The molecule has 4 heteroatoms. The lowest BCUT2D eigenvalue weighted by molar-refractivity contribution is -0.0205. The van der Waals surface area contributed by atoms with Crippen LogP contribution in [0, 0.1) is 0 Å². The van der Waals surface area contributed by atoms with Crippen molar-refractivity contribution in [1.29, 1.82) is 0 Å². The molecule has 3 N–H and O–H groups in total. The van der Waals surface area contributed by atoms with Gasteiger partial charge in [0.25, 0.3) is 0 Å². The molecule has 0 amide bonds. The van der Waals surface area contributed by atoms with Crippen LogP contribution in [0.2, 0.25) is 0 Å². The zero-order valence-electron chi connectivity index (χ0n) is 11.9. The molecule has 1 unspecified atom stereocenters. The van der Waals surface area contributed by atoms with Crippen LogP contribution in [0.25, 0.3) is 0 Å². The van der Waals surface area contributed by atoms with Gasteiger partial charge >= 0.3 is 0 Å². The molecule has 0 saturated heterocycles. The summed E-state index contributed by atoms with van der Waals surface area (Å²) in [5, 5.41) is 10.4. The molecule has 0 saturated carbocycles. The topological polar surface area (TPSA) is 67.8 Å². The molecule has 1 atom stereocenters. The van der Waals surface area contributed by atoms with E-state index in [2.05, 4.69) is 11.9 Å². The van der Waals surface area contributed by atoms with Gasteiger partial charge in [0.05, 0.1) is 12.3 Å². The van der Waals surface area contributed by atoms with Crippen LogP contribution in [0.15, 0.2) is 47.1 Å². The Hall–Kier alpha value is -1.65. The summed E-state index contributed by atoms with van der Waals surface area (Å²) in [6.45, 7) is 2.65. The normalized spacial score (nSPS) is 21.7. The van der Waals surface area contributed by atoms with Gasteiger partial charge in [0.2, 0.25) is 5.72 Å². The fourth-order valence-corrected chi connectivity index (χ4v) is 2.12. The van der Waals surface area contributed by atoms with Crippen molar-refractivity contribution in [3.05, 3.63) is 47.7 Å². The quantitative estimate of drug-likeness (QED) is 0.802. The van der Waals surface area contributed by atoms with Crippen LogP contribution in [0.5, 0.6) is 0 Å². The van der Waals surface area contributed by atoms with Crippen molar-refractivity contribution in [2.45, 2.75) is 38.5 Å². The number of benzene rings is 1. The molecule has 0 spiro atoms. The highest BCUT2D eigenvalue weighted by Gasteiger charge is 2.34. The summed E-state index contributed by atoms with van der Waals surface area (Å²) in [4.78, 5) is 4.30. The SMILES string of the molecule is CCCCC1=NC(O)(COCc2ccccc2)C(N)=C1. The maximum absolute atomic E-state index is 10.4. The zero-order chi connectivity index (χ0) is 14.4. The van der Waals surface area contributed by atoms with Gasteiger partial charge in [0.15, 0.2) is 0 Å². The summed E-state index contributed by atoms with van der Waals surface area (Å²) in [6, 6.07) is 9.83. The van der Waals surface area contributed by atoms with Gasteiger partial charge in [-0.1, -0.05) is 43.7 Å².